The molecule has 0 spiro atoms. The molecular formula is C21H38ClN3O4. The van der Waals surface area contributed by atoms with Crippen molar-refractivity contribution in [1.82, 2.24) is 15.5 Å². The molecule has 2 aliphatic rings. The second-order valence-electron chi connectivity index (χ2n) is 9.02. The van der Waals surface area contributed by atoms with Gasteiger partial charge in [0.1, 0.15) is 0 Å². The number of alkyl halides is 1. The Morgan fingerprint density at radius 1 is 1.14 bits per heavy atom. The first-order chi connectivity index (χ1) is 13.7. The highest BCUT2D eigenvalue weighted by Crippen LogP contribution is 2.40. The van der Waals surface area contributed by atoms with Gasteiger partial charge < -0.3 is 20.8 Å². The molecule has 1 saturated carbocycles. The largest absolute Gasteiger partial charge is 0.395 e. The maximum absolute atomic E-state index is 13.1. The second kappa shape index (κ2) is 10.9. The SMILES string of the molecule is CC1CC(C)C(CNC(=O)C2C(C)C(Cl)CC(N(CCO)CCO)C2C)C(=O)N1. The number of piperidine rings is 1. The van der Waals surface area contributed by atoms with Crippen molar-refractivity contribution >= 4 is 23.4 Å². The van der Waals surface area contributed by atoms with Crippen LogP contribution >= 0.6 is 11.6 Å². The Morgan fingerprint density at radius 2 is 1.76 bits per heavy atom. The van der Waals surface area contributed by atoms with Crippen LogP contribution in [0.2, 0.25) is 0 Å². The number of carbonyl (C=O) groups excluding carboxylic acids is 2. The first-order valence-corrected chi connectivity index (χ1v) is 11.3. The zero-order chi connectivity index (χ0) is 21.7. The summed E-state index contributed by atoms with van der Waals surface area (Å²) in [7, 11) is 0. The van der Waals surface area contributed by atoms with Gasteiger partial charge in [-0.3, -0.25) is 14.5 Å². The fraction of sp³-hybridized carbons (Fsp3) is 0.905. The standard InChI is InChI=1S/C21H38ClN3O4/c1-12-9-13(2)24-20(28)16(12)11-23-21(29)19-14(3)17(22)10-18(15(19)4)25(5-7-26)6-8-27/h12-19,26-27H,5-11H2,1-4H3,(H,23,29)(H,24,28). The highest BCUT2D eigenvalue weighted by atomic mass is 35.5. The van der Waals surface area contributed by atoms with Gasteiger partial charge >= 0.3 is 0 Å². The van der Waals surface area contributed by atoms with Gasteiger partial charge in [0.15, 0.2) is 0 Å². The van der Waals surface area contributed by atoms with Crippen molar-refractivity contribution in [3.63, 3.8) is 0 Å². The van der Waals surface area contributed by atoms with E-state index in [0.717, 1.165) is 6.42 Å². The molecule has 29 heavy (non-hydrogen) atoms. The molecule has 1 saturated heterocycles. The number of aliphatic hydroxyl groups is 2. The summed E-state index contributed by atoms with van der Waals surface area (Å²) in [5.41, 5.74) is 0. The maximum Gasteiger partial charge on any atom is 0.225 e. The summed E-state index contributed by atoms with van der Waals surface area (Å²) in [6.07, 6.45) is 1.62. The fourth-order valence-corrected chi connectivity index (χ4v) is 5.61. The van der Waals surface area contributed by atoms with E-state index in [4.69, 9.17) is 11.6 Å². The molecule has 7 nitrogen and oxygen atoms in total. The minimum Gasteiger partial charge on any atom is -0.395 e. The smallest absolute Gasteiger partial charge is 0.225 e. The Labute approximate surface area is 179 Å². The summed E-state index contributed by atoms with van der Waals surface area (Å²) in [6.45, 7) is 9.33. The summed E-state index contributed by atoms with van der Waals surface area (Å²) >= 11 is 6.63. The average molecular weight is 432 g/mol. The zero-order valence-corrected chi connectivity index (χ0v) is 18.9. The van der Waals surface area contributed by atoms with Crippen LogP contribution in [0.4, 0.5) is 0 Å². The van der Waals surface area contributed by atoms with Gasteiger partial charge in [0, 0.05) is 43.0 Å². The Bertz CT molecular complexity index is 558. The van der Waals surface area contributed by atoms with E-state index in [1.807, 2.05) is 25.7 Å². The normalized spacial score (nSPS) is 38.0. The van der Waals surface area contributed by atoms with Crippen molar-refractivity contribution in [3.05, 3.63) is 0 Å². The number of rotatable bonds is 8. The fourth-order valence-electron chi connectivity index (χ4n) is 5.27. The topological polar surface area (TPSA) is 102 Å². The lowest BCUT2D eigenvalue weighted by molar-refractivity contribution is -0.133. The molecule has 168 valence electrons. The van der Waals surface area contributed by atoms with Crippen LogP contribution in [0.5, 0.6) is 0 Å². The minimum atomic E-state index is -0.281. The van der Waals surface area contributed by atoms with Crippen LogP contribution in [-0.2, 0) is 9.59 Å². The van der Waals surface area contributed by atoms with Gasteiger partial charge in [-0.15, -0.1) is 11.6 Å². The monoisotopic (exact) mass is 431 g/mol. The van der Waals surface area contributed by atoms with Crippen molar-refractivity contribution in [3.8, 4) is 0 Å². The molecular weight excluding hydrogens is 394 g/mol. The summed E-state index contributed by atoms with van der Waals surface area (Å²) in [5, 5.41) is 24.6. The first-order valence-electron chi connectivity index (χ1n) is 10.9. The van der Waals surface area contributed by atoms with E-state index in [9.17, 15) is 19.8 Å². The van der Waals surface area contributed by atoms with Gasteiger partial charge in [-0.05, 0) is 37.5 Å². The molecule has 2 rings (SSSR count). The molecule has 2 fully saturated rings. The highest BCUT2D eigenvalue weighted by Gasteiger charge is 2.45. The Hall–Kier alpha value is -0.890. The molecule has 8 atom stereocenters. The summed E-state index contributed by atoms with van der Waals surface area (Å²) < 4.78 is 0. The number of halogens is 1. The van der Waals surface area contributed by atoms with Gasteiger partial charge in [-0.1, -0.05) is 20.8 Å². The van der Waals surface area contributed by atoms with Crippen LogP contribution in [0.25, 0.3) is 0 Å². The molecule has 1 aliphatic carbocycles. The van der Waals surface area contributed by atoms with Gasteiger partial charge in [-0.2, -0.15) is 0 Å². The van der Waals surface area contributed by atoms with Gasteiger partial charge in [-0.25, -0.2) is 0 Å². The lowest BCUT2D eigenvalue weighted by Gasteiger charge is -2.46. The number of nitrogens with one attached hydrogen (secondary N) is 2. The molecule has 4 N–H and O–H groups in total. The van der Waals surface area contributed by atoms with Crippen LogP contribution < -0.4 is 10.6 Å². The van der Waals surface area contributed by atoms with E-state index in [-0.39, 0.29) is 72.1 Å². The number of hydrogen-bond donors (Lipinski definition) is 4. The molecule has 0 aromatic carbocycles. The van der Waals surface area contributed by atoms with E-state index in [2.05, 4.69) is 17.6 Å². The third kappa shape index (κ3) is 5.84. The molecule has 0 radical (unpaired) electrons. The van der Waals surface area contributed by atoms with E-state index in [0.29, 0.717) is 26.1 Å². The van der Waals surface area contributed by atoms with Gasteiger partial charge in [0.25, 0.3) is 0 Å². The zero-order valence-electron chi connectivity index (χ0n) is 18.1. The quantitative estimate of drug-likeness (QED) is 0.426. The Morgan fingerprint density at radius 3 is 2.31 bits per heavy atom. The van der Waals surface area contributed by atoms with Crippen LogP contribution in [-0.4, -0.2) is 77.2 Å². The van der Waals surface area contributed by atoms with Crippen molar-refractivity contribution < 1.29 is 19.8 Å². The molecule has 8 unspecified atom stereocenters. The molecule has 8 heteroatoms. The molecule has 1 heterocycles. The molecule has 1 aliphatic heterocycles. The average Bonchev–Trinajstić information content (AvgIpc) is 2.64. The number of hydrogen-bond acceptors (Lipinski definition) is 5. The predicted molar refractivity (Wildman–Crippen MR) is 113 cm³/mol. The summed E-state index contributed by atoms with van der Waals surface area (Å²) in [5.74, 6) is -0.303. The molecule has 0 aromatic rings. The number of carbonyl (C=O) groups is 2. The van der Waals surface area contributed by atoms with Crippen LogP contribution in [0.1, 0.15) is 40.5 Å². The van der Waals surface area contributed by atoms with Crippen LogP contribution in [0.15, 0.2) is 0 Å². The number of amides is 2. The lowest BCUT2D eigenvalue weighted by atomic mass is 9.69. The van der Waals surface area contributed by atoms with Crippen LogP contribution in [0, 0.1) is 29.6 Å². The highest BCUT2D eigenvalue weighted by molar-refractivity contribution is 6.21. The van der Waals surface area contributed by atoms with Gasteiger partial charge in [0.2, 0.25) is 11.8 Å². The molecule has 2 amide bonds. The summed E-state index contributed by atoms with van der Waals surface area (Å²) in [4.78, 5) is 27.5. The molecule has 0 bridgehead atoms. The number of nitrogens with zero attached hydrogens (tertiary/aromatic N) is 1. The van der Waals surface area contributed by atoms with Crippen molar-refractivity contribution in [1.29, 1.82) is 0 Å². The van der Waals surface area contributed by atoms with E-state index >= 15 is 0 Å². The number of aliphatic hydroxyl groups excluding tert-OH is 2. The van der Waals surface area contributed by atoms with Crippen LogP contribution in [0.3, 0.4) is 0 Å². The predicted octanol–water partition coefficient (Wildman–Crippen LogP) is 0.818. The Kier molecular flexibility index (Phi) is 9.19. The molecule has 0 aromatic heterocycles. The first kappa shape index (κ1) is 24.4. The van der Waals surface area contributed by atoms with E-state index < -0.39 is 0 Å². The van der Waals surface area contributed by atoms with Crippen molar-refractivity contribution in [2.45, 2.75) is 58.0 Å². The maximum atomic E-state index is 13.1. The van der Waals surface area contributed by atoms with E-state index in [1.165, 1.54) is 0 Å². The third-order valence-corrected chi connectivity index (χ3v) is 7.53. The lowest BCUT2D eigenvalue weighted by Crippen LogP contribution is -2.56. The summed E-state index contributed by atoms with van der Waals surface area (Å²) in [6, 6.07) is 0.186. The minimum absolute atomic E-state index is 0.00427. The second-order valence-corrected chi connectivity index (χ2v) is 9.58. The van der Waals surface area contributed by atoms with E-state index in [1.54, 1.807) is 0 Å². The third-order valence-electron chi connectivity index (χ3n) is 6.96. The van der Waals surface area contributed by atoms with Crippen molar-refractivity contribution in [2.75, 3.05) is 32.8 Å². The Balaban J connectivity index is 2.07. The van der Waals surface area contributed by atoms with Gasteiger partial charge in [0.05, 0.1) is 19.1 Å². The van der Waals surface area contributed by atoms with Crippen molar-refractivity contribution in [2.24, 2.45) is 29.6 Å².